The summed E-state index contributed by atoms with van der Waals surface area (Å²) in [4.78, 5) is 14.3. The first kappa shape index (κ1) is 14.3. The molecule has 0 aromatic rings. The predicted octanol–water partition coefficient (Wildman–Crippen LogP) is 1.78. The second-order valence-corrected chi connectivity index (χ2v) is 6.48. The summed E-state index contributed by atoms with van der Waals surface area (Å²) in [7, 11) is 1.72. The zero-order valence-electron chi connectivity index (χ0n) is 12.1. The van der Waals surface area contributed by atoms with Crippen LogP contribution < -0.4 is 0 Å². The molecule has 2 aliphatic carbocycles. The Morgan fingerprint density at radius 3 is 3.00 bits per heavy atom. The second-order valence-electron chi connectivity index (χ2n) is 6.48. The van der Waals surface area contributed by atoms with E-state index < -0.39 is 6.17 Å². The Hall–Kier alpha value is -0.680. The molecule has 1 saturated heterocycles. The molecule has 0 radical (unpaired) electrons. The SMILES string of the molecule is COC[C@H]1CCC[C@@]12CN(C(=O)C1CC(F)C1)CCO2. The minimum absolute atomic E-state index is 0.0950. The number of methoxy groups -OCH3 is 1. The molecule has 1 amide bonds. The van der Waals surface area contributed by atoms with Gasteiger partial charge in [0.05, 0.1) is 25.4 Å². The molecule has 5 heteroatoms. The van der Waals surface area contributed by atoms with Gasteiger partial charge in [0, 0.05) is 25.5 Å². The number of hydrogen-bond acceptors (Lipinski definition) is 3. The van der Waals surface area contributed by atoms with Crippen molar-refractivity contribution in [1.29, 1.82) is 0 Å². The third kappa shape index (κ3) is 2.46. The minimum atomic E-state index is -0.772. The molecule has 0 unspecified atom stereocenters. The maximum atomic E-state index is 12.9. The van der Waals surface area contributed by atoms with Crippen LogP contribution in [-0.2, 0) is 14.3 Å². The van der Waals surface area contributed by atoms with E-state index in [1.807, 2.05) is 4.90 Å². The molecule has 0 aromatic carbocycles. The lowest BCUT2D eigenvalue weighted by atomic mass is 9.81. The number of halogens is 1. The van der Waals surface area contributed by atoms with E-state index in [9.17, 15) is 9.18 Å². The van der Waals surface area contributed by atoms with E-state index in [1.165, 1.54) is 0 Å². The molecular formula is C15H24FNO3. The first-order chi connectivity index (χ1) is 9.64. The van der Waals surface area contributed by atoms with E-state index in [-0.39, 0.29) is 17.4 Å². The number of amides is 1. The Labute approximate surface area is 119 Å². The zero-order valence-corrected chi connectivity index (χ0v) is 12.1. The fourth-order valence-electron chi connectivity index (χ4n) is 3.95. The van der Waals surface area contributed by atoms with Crippen molar-refractivity contribution >= 4 is 5.91 Å². The van der Waals surface area contributed by atoms with Crippen LogP contribution in [0.2, 0.25) is 0 Å². The van der Waals surface area contributed by atoms with Gasteiger partial charge in [0.2, 0.25) is 5.91 Å². The van der Waals surface area contributed by atoms with E-state index in [4.69, 9.17) is 9.47 Å². The Bertz CT molecular complexity index is 372. The molecule has 114 valence electrons. The number of carbonyl (C=O) groups excluding carboxylic acids is 1. The van der Waals surface area contributed by atoms with Crippen LogP contribution in [0.4, 0.5) is 4.39 Å². The number of ether oxygens (including phenoxy) is 2. The van der Waals surface area contributed by atoms with Gasteiger partial charge in [-0.25, -0.2) is 4.39 Å². The molecule has 0 N–H and O–H groups in total. The lowest BCUT2D eigenvalue weighted by Crippen LogP contribution is -2.58. The van der Waals surface area contributed by atoms with E-state index in [0.29, 0.717) is 45.1 Å². The third-order valence-electron chi connectivity index (χ3n) is 5.22. The number of nitrogens with zero attached hydrogens (tertiary/aromatic N) is 1. The van der Waals surface area contributed by atoms with Crippen molar-refractivity contribution in [2.75, 3.05) is 33.4 Å². The summed E-state index contributed by atoms with van der Waals surface area (Å²) in [5.74, 6) is 0.408. The number of rotatable bonds is 3. The zero-order chi connectivity index (χ0) is 14.2. The molecule has 3 aliphatic rings. The summed E-state index contributed by atoms with van der Waals surface area (Å²) in [5, 5.41) is 0. The summed E-state index contributed by atoms with van der Waals surface area (Å²) in [5.41, 5.74) is -0.219. The average molecular weight is 285 g/mol. The van der Waals surface area contributed by atoms with E-state index in [0.717, 1.165) is 19.3 Å². The van der Waals surface area contributed by atoms with E-state index in [2.05, 4.69) is 0 Å². The lowest BCUT2D eigenvalue weighted by molar-refractivity contribution is -0.167. The van der Waals surface area contributed by atoms with Crippen LogP contribution in [0.25, 0.3) is 0 Å². The summed E-state index contributed by atoms with van der Waals surface area (Å²) >= 11 is 0. The Morgan fingerprint density at radius 2 is 2.30 bits per heavy atom. The summed E-state index contributed by atoms with van der Waals surface area (Å²) in [6.07, 6.45) is 3.28. The molecule has 1 spiro atoms. The van der Waals surface area contributed by atoms with Crippen LogP contribution in [0.1, 0.15) is 32.1 Å². The van der Waals surface area contributed by atoms with Crippen molar-refractivity contribution in [2.45, 2.75) is 43.9 Å². The van der Waals surface area contributed by atoms with Crippen molar-refractivity contribution in [1.82, 2.24) is 4.90 Å². The van der Waals surface area contributed by atoms with Gasteiger partial charge in [-0.3, -0.25) is 4.79 Å². The lowest BCUT2D eigenvalue weighted by Gasteiger charge is -2.45. The van der Waals surface area contributed by atoms with Crippen molar-refractivity contribution in [3.8, 4) is 0 Å². The van der Waals surface area contributed by atoms with Gasteiger partial charge in [-0.05, 0) is 25.7 Å². The highest BCUT2D eigenvalue weighted by Gasteiger charge is 2.49. The molecule has 0 bridgehead atoms. The third-order valence-corrected chi connectivity index (χ3v) is 5.22. The van der Waals surface area contributed by atoms with Crippen molar-refractivity contribution in [2.24, 2.45) is 11.8 Å². The highest BCUT2D eigenvalue weighted by atomic mass is 19.1. The van der Waals surface area contributed by atoms with Crippen molar-refractivity contribution in [3.05, 3.63) is 0 Å². The van der Waals surface area contributed by atoms with Crippen LogP contribution in [0.5, 0.6) is 0 Å². The monoisotopic (exact) mass is 285 g/mol. The van der Waals surface area contributed by atoms with Gasteiger partial charge in [-0.1, -0.05) is 6.42 Å². The topological polar surface area (TPSA) is 38.8 Å². The van der Waals surface area contributed by atoms with Crippen LogP contribution >= 0.6 is 0 Å². The molecule has 3 fully saturated rings. The van der Waals surface area contributed by atoms with Crippen molar-refractivity contribution < 1.29 is 18.7 Å². The summed E-state index contributed by atoms with van der Waals surface area (Å²) in [6, 6.07) is 0. The first-order valence-electron chi connectivity index (χ1n) is 7.70. The Balaban J connectivity index is 1.65. The number of hydrogen-bond donors (Lipinski definition) is 0. The highest BCUT2D eigenvalue weighted by Crippen LogP contribution is 2.42. The molecule has 1 aliphatic heterocycles. The van der Waals surface area contributed by atoms with Crippen LogP contribution in [0, 0.1) is 11.8 Å². The van der Waals surface area contributed by atoms with Gasteiger partial charge < -0.3 is 14.4 Å². The Kier molecular flexibility index (Phi) is 4.00. The molecule has 4 nitrogen and oxygen atoms in total. The normalized spacial score (nSPS) is 40.9. The summed E-state index contributed by atoms with van der Waals surface area (Å²) in [6.45, 7) is 2.59. The maximum Gasteiger partial charge on any atom is 0.226 e. The average Bonchev–Trinajstić information content (AvgIpc) is 2.78. The smallest absolute Gasteiger partial charge is 0.226 e. The molecule has 2 saturated carbocycles. The Morgan fingerprint density at radius 1 is 1.50 bits per heavy atom. The first-order valence-corrected chi connectivity index (χ1v) is 7.70. The van der Waals surface area contributed by atoms with Gasteiger partial charge in [0.1, 0.15) is 6.17 Å². The number of carbonyl (C=O) groups is 1. The van der Waals surface area contributed by atoms with Gasteiger partial charge in [0.25, 0.3) is 0 Å². The number of alkyl halides is 1. The molecule has 2 atom stereocenters. The summed E-state index contributed by atoms with van der Waals surface area (Å²) < 4.78 is 24.3. The van der Waals surface area contributed by atoms with E-state index >= 15 is 0 Å². The molecule has 0 aromatic heterocycles. The fourth-order valence-corrected chi connectivity index (χ4v) is 3.95. The molecule has 3 rings (SSSR count). The maximum absolute atomic E-state index is 12.9. The quantitative estimate of drug-likeness (QED) is 0.793. The molecular weight excluding hydrogens is 261 g/mol. The van der Waals surface area contributed by atoms with Gasteiger partial charge >= 0.3 is 0 Å². The predicted molar refractivity (Wildman–Crippen MR) is 72.1 cm³/mol. The minimum Gasteiger partial charge on any atom is -0.384 e. The van der Waals surface area contributed by atoms with Crippen LogP contribution in [0.15, 0.2) is 0 Å². The second kappa shape index (κ2) is 5.60. The van der Waals surface area contributed by atoms with Gasteiger partial charge in [-0.15, -0.1) is 0 Å². The highest BCUT2D eigenvalue weighted by molar-refractivity contribution is 5.80. The van der Waals surface area contributed by atoms with Gasteiger partial charge in [-0.2, -0.15) is 0 Å². The van der Waals surface area contributed by atoms with Crippen LogP contribution in [-0.4, -0.2) is 56.0 Å². The van der Waals surface area contributed by atoms with Crippen molar-refractivity contribution in [3.63, 3.8) is 0 Å². The largest absolute Gasteiger partial charge is 0.384 e. The standard InChI is InChI=1S/C15H24FNO3/c1-19-9-12-3-2-4-15(12)10-17(5-6-20-15)14(18)11-7-13(16)8-11/h11-13H,2-10H2,1H3/t11?,12-,13?,15-/m1/s1. The fraction of sp³-hybridized carbons (Fsp3) is 0.933. The molecule has 1 heterocycles. The van der Waals surface area contributed by atoms with E-state index in [1.54, 1.807) is 7.11 Å². The molecule has 20 heavy (non-hydrogen) atoms. The van der Waals surface area contributed by atoms with Gasteiger partial charge in [0.15, 0.2) is 0 Å². The number of morpholine rings is 1. The van der Waals surface area contributed by atoms with Crippen LogP contribution in [0.3, 0.4) is 0 Å².